The van der Waals surface area contributed by atoms with Crippen LogP contribution in [0, 0.1) is 0 Å². The molecule has 0 aliphatic heterocycles. The maximum atomic E-state index is 12.9. The van der Waals surface area contributed by atoms with Crippen molar-refractivity contribution in [2.45, 2.75) is 309 Å². The number of allylic oxidation sites excluding steroid dienone is 8. The van der Waals surface area contributed by atoms with Crippen LogP contribution in [0.1, 0.15) is 303 Å². The van der Waals surface area contributed by atoms with E-state index >= 15 is 0 Å². The molecule has 0 aromatic carbocycles. The summed E-state index contributed by atoms with van der Waals surface area (Å²) in [5.41, 5.74) is 0. The summed E-state index contributed by atoms with van der Waals surface area (Å²) in [6.07, 6.45) is 71.2. The SMILES string of the molecule is CCCCC/C=C\C/C=C\CCCCCCCCCC(=O)OCC(COCCCCCCCC/C=C\CCCCCCCC)OC(=O)CCCCCCCCC/C=C\CCCCCCCC. The summed E-state index contributed by atoms with van der Waals surface area (Å²) >= 11 is 0. The fourth-order valence-corrected chi connectivity index (χ4v) is 8.41. The third kappa shape index (κ3) is 54.5. The summed E-state index contributed by atoms with van der Waals surface area (Å²) in [6.45, 7) is 7.81. The number of esters is 2. The summed E-state index contributed by atoms with van der Waals surface area (Å²) in [4.78, 5) is 25.5. The maximum absolute atomic E-state index is 12.9. The normalized spacial score (nSPS) is 12.5. The Morgan fingerprint density at radius 1 is 0.333 bits per heavy atom. The second-order valence-corrected chi connectivity index (χ2v) is 19.5. The molecule has 0 aromatic rings. The summed E-state index contributed by atoms with van der Waals surface area (Å²) in [7, 11) is 0. The Bertz CT molecular complexity index is 1090. The van der Waals surface area contributed by atoms with Crippen molar-refractivity contribution < 1.29 is 23.8 Å². The van der Waals surface area contributed by atoms with Gasteiger partial charge in [-0.15, -0.1) is 0 Å². The first kappa shape index (κ1) is 63.9. The molecule has 386 valence electrons. The highest BCUT2D eigenvalue weighted by Gasteiger charge is 2.17. The summed E-state index contributed by atoms with van der Waals surface area (Å²) < 4.78 is 17.5. The van der Waals surface area contributed by atoms with E-state index in [9.17, 15) is 9.59 Å². The lowest BCUT2D eigenvalue weighted by atomic mass is 10.1. The third-order valence-corrected chi connectivity index (χ3v) is 12.8. The minimum Gasteiger partial charge on any atom is -0.462 e. The zero-order valence-electron chi connectivity index (χ0n) is 44.5. The molecule has 0 aliphatic carbocycles. The van der Waals surface area contributed by atoms with Crippen molar-refractivity contribution in [3.8, 4) is 0 Å². The fraction of sp³-hybridized carbons (Fsp3) is 0.836. The van der Waals surface area contributed by atoms with Crippen LogP contribution in [0.5, 0.6) is 0 Å². The smallest absolute Gasteiger partial charge is 0.306 e. The van der Waals surface area contributed by atoms with Crippen LogP contribution in [0.25, 0.3) is 0 Å². The molecule has 0 N–H and O–H groups in total. The summed E-state index contributed by atoms with van der Waals surface area (Å²) in [5.74, 6) is -0.401. The lowest BCUT2D eigenvalue weighted by Gasteiger charge is -2.18. The molecule has 5 nitrogen and oxygen atoms in total. The van der Waals surface area contributed by atoms with E-state index in [0.29, 0.717) is 19.4 Å². The summed E-state index contributed by atoms with van der Waals surface area (Å²) in [5, 5.41) is 0. The lowest BCUT2D eigenvalue weighted by molar-refractivity contribution is -0.163. The van der Waals surface area contributed by atoms with Gasteiger partial charge in [0.05, 0.1) is 6.61 Å². The van der Waals surface area contributed by atoms with Crippen LogP contribution in [0.4, 0.5) is 0 Å². The molecule has 1 unspecified atom stereocenters. The van der Waals surface area contributed by atoms with Crippen LogP contribution < -0.4 is 0 Å². The van der Waals surface area contributed by atoms with Gasteiger partial charge in [-0.1, -0.05) is 236 Å². The van der Waals surface area contributed by atoms with Crippen molar-refractivity contribution in [2.75, 3.05) is 19.8 Å². The molecule has 0 rings (SSSR count). The molecule has 0 aromatic heterocycles. The molecule has 0 aliphatic rings. The van der Waals surface area contributed by atoms with E-state index in [1.54, 1.807) is 0 Å². The van der Waals surface area contributed by atoms with Gasteiger partial charge in [0.25, 0.3) is 0 Å². The molecule has 0 heterocycles. The van der Waals surface area contributed by atoms with E-state index in [2.05, 4.69) is 69.4 Å². The average Bonchev–Trinajstić information content (AvgIpc) is 3.32. The monoisotopic (exact) mass is 925 g/mol. The minimum atomic E-state index is -0.544. The standard InChI is InChI=1S/C61H112O5/c1-4-7-10-13-16-19-22-25-28-31-33-36-39-42-45-48-51-54-60(62)65-58-59(57-64-56-53-50-47-44-41-38-35-30-27-24-21-18-15-12-9-6-3)66-61(63)55-52-49-46-43-40-37-34-32-29-26-23-20-17-14-11-8-5-2/h16,19,25-30,59H,4-15,17-18,20-24,31-58H2,1-3H3/b19-16-,28-25-,29-26-,30-27-. The van der Waals surface area contributed by atoms with Crippen LogP contribution >= 0.6 is 0 Å². The van der Waals surface area contributed by atoms with Crippen molar-refractivity contribution >= 4 is 11.9 Å². The Morgan fingerprint density at radius 2 is 0.636 bits per heavy atom. The van der Waals surface area contributed by atoms with Gasteiger partial charge >= 0.3 is 11.9 Å². The largest absolute Gasteiger partial charge is 0.462 e. The average molecular weight is 926 g/mol. The Morgan fingerprint density at radius 3 is 1.05 bits per heavy atom. The van der Waals surface area contributed by atoms with Crippen LogP contribution in [0.3, 0.4) is 0 Å². The van der Waals surface area contributed by atoms with Crippen molar-refractivity contribution in [1.82, 2.24) is 0 Å². The number of hydrogen-bond donors (Lipinski definition) is 0. The van der Waals surface area contributed by atoms with Crippen molar-refractivity contribution in [2.24, 2.45) is 0 Å². The Hall–Kier alpha value is -2.14. The summed E-state index contributed by atoms with van der Waals surface area (Å²) in [6, 6.07) is 0. The third-order valence-electron chi connectivity index (χ3n) is 12.8. The van der Waals surface area contributed by atoms with Gasteiger partial charge < -0.3 is 14.2 Å². The molecule has 0 radical (unpaired) electrons. The first-order valence-electron chi connectivity index (χ1n) is 29.2. The van der Waals surface area contributed by atoms with E-state index in [1.165, 1.54) is 212 Å². The molecular formula is C61H112O5. The number of rotatable bonds is 54. The van der Waals surface area contributed by atoms with Crippen LogP contribution in [-0.4, -0.2) is 37.9 Å². The first-order valence-corrected chi connectivity index (χ1v) is 29.2. The topological polar surface area (TPSA) is 61.8 Å². The highest BCUT2D eigenvalue weighted by atomic mass is 16.6. The van der Waals surface area contributed by atoms with Gasteiger partial charge in [0.15, 0.2) is 6.10 Å². The number of carbonyl (C=O) groups is 2. The van der Waals surface area contributed by atoms with Crippen molar-refractivity contribution in [3.63, 3.8) is 0 Å². The molecule has 0 bridgehead atoms. The highest BCUT2D eigenvalue weighted by molar-refractivity contribution is 5.70. The molecule has 66 heavy (non-hydrogen) atoms. The van der Waals surface area contributed by atoms with E-state index in [0.717, 1.165) is 57.8 Å². The molecule has 0 spiro atoms. The molecule has 0 amide bonds. The minimum absolute atomic E-state index is 0.0793. The molecule has 5 heteroatoms. The Labute approximate surface area is 412 Å². The van der Waals surface area contributed by atoms with Crippen LogP contribution in [0.15, 0.2) is 48.6 Å². The second kappa shape index (κ2) is 57.2. The first-order chi connectivity index (χ1) is 32.6. The maximum Gasteiger partial charge on any atom is 0.306 e. The quantitative estimate of drug-likeness (QED) is 0.0345. The Kier molecular flexibility index (Phi) is 55.3. The molecular weight excluding hydrogens is 813 g/mol. The van der Waals surface area contributed by atoms with Crippen LogP contribution in [0.2, 0.25) is 0 Å². The molecule has 0 fully saturated rings. The second-order valence-electron chi connectivity index (χ2n) is 19.5. The van der Waals surface area contributed by atoms with E-state index < -0.39 is 6.10 Å². The van der Waals surface area contributed by atoms with E-state index in [1.807, 2.05) is 0 Å². The highest BCUT2D eigenvalue weighted by Crippen LogP contribution is 2.15. The Balaban J connectivity index is 4.28. The van der Waals surface area contributed by atoms with Crippen LogP contribution in [-0.2, 0) is 23.8 Å². The van der Waals surface area contributed by atoms with Gasteiger partial charge in [0.2, 0.25) is 0 Å². The number of carbonyl (C=O) groups excluding carboxylic acids is 2. The van der Waals surface area contributed by atoms with E-state index in [4.69, 9.17) is 14.2 Å². The van der Waals surface area contributed by atoms with Gasteiger partial charge in [0, 0.05) is 19.4 Å². The fourth-order valence-electron chi connectivity index (χ4n) is 8.41. The zero-order chi connectivity index (χ0) is 47.7. The molecule has 1 atom stereocenters. The van der Waals surface area contributed by atoms with Gasteiger partial charge in [0.1, 0.15) is 6.61 Å². The van der Waals surface area contributed by atoms with Crippen molar-refractivity contribution in [1.29, 1.82) is 0 Å². The molecule has 0 saturated heterocycles. The number of unbranched alkanes of at least 4 members (excludes halogenated alkanes) is 35. The zero-order valence-corrected chi connectivity index (χ0v) is 44.5. The van der Waals surface area contributed by atoms with Gasteiger partial charge in [-0.3, -0.25) is 9.59 Å². The van der Waals surface area contributed by atoms with Crippen molar-refractivity contribution in [3.05, 3.63) is 48.6 Å². The number of hydrogen-bond acceptors (Lipinski definition) is 5. The lowest BCUT2D eigenvalue weighted by Crippen LogP contribution is -2.30. The van der Waals surface area contributed by atoms with Gasteiger partial charge in [-0.25, -0.2) is 0 Å². The predicted octanol–water partition coefficient (Wildman–Crippen LogP) is 19.9. The van der Waals surface area contributed by atoms with E-state index in [-0.39, 0.29) is 25.2 Å². The predicted molar refractivity (Wildman–Crippen MR) is 288 cm³/mol. The number of ether oxygens (including phenoxy) is 3. The van der Waals surface area contributed by atoms with Gasteiger partial charge in [-0.2, -0.15) is 0 Å². The molecule has 0 saturated carbocycles. The van der Waals surface area contributed by atoms with Gasteiger partial charge in [-0.05, 0) is 103 Å².